The predicted octanol–water partition coefficient (Wildman–Crippen LogP) is 6.15. The Kier molecular flexibility index (Phi) is 6.13. The molecule has 4 nitrogen and oxygen atoms in total. The van der Waals surface area contributed by atoms with Crippen LogP contribution in [0.4, 0.5) is 18.9 Å². The van der Waals surface area contributed by atoms with E-state index >= 15 is 0 Å². The van der Waals surface area contributed by atoms with Crippen molar-refractivity contribution in [3.8, 4) is 0 Å². The molecule has 2 aromatic carbocycles. The number of alkyl halides is 3. The maximum Gasteiger partial charge on any atom is 0.435 e. The SMILES string of the molecule is CCN(C)C=Nc1cc(C)c(C2(C(F)(F)F)CC(c3ccccc3Cl)=NO2)cc1C. The van der Waals surface area contributed by atoms with Crippen LogP contribution in [0.3, 0.4) is 0 Å². The van der Waals surface area contributed by atoms with Gasteiger partial charge in [-0.1, -0.05) is 35.0 Å². The molecule has 0 saturated heterocycles. The van der Waals surface area contributed by atoms with Crippen molar-refractivity contribution in [1.29, 1.82) is 0 Å². The van der Waals surface area contributed by atoms with Crippen molar-refractivity contribution in [3.05, 3.63) is 63.7 Å². The summed E-state index contributed by atoms with van der Waals surface area (Å²) in [6, 6.07) is 9.80. The second-order valence-corrected chi connectivity index (χ2v) is 7.79. The molecule has 1 atom stereocenters. The van der Waals surface area contributed by atoms with Gasteiger partial charge in [0.25, 0.3) is 5.60 Å². The van der Waals surface area contributed by atoms with Crippen molar-refractivity contribution < 1.29 is 18.0 Å². The van der Waals surface area contributed by atoms with Crippen LogP contribution in [0, 0.1) is 13.8 Å². The number of benzene rings is 2. The monoisotopic (exact) mass is 437 g/mol. The lowest BCUT2D eigenvalue weighted by Gasteiger charge is -2.31. The molecule has 0 amide bonds. The first-order valence-electron chi connectivity index (χ1n) is 9.52. The number of aliphatic imine (C=N–C) groups is 1. The van der Waals surface area contributed by atoms with Gasteiger partial charge in [0.1, 0.15) is 0 Å². The number of halogens is 4. The van der Waals surface area contributed by atoms with Gasteiger partial charge >= 0.3 is 6.18 Å². The van der Waals surface area contributed by atoms with Gasteiger partial charge in [0.15, 0.2) is 0 Å². The molecule has 0 fully saturated rings. The van der Waals surface area contributed by atoms with Crippen LogP contribution < -0.4 is 0 Å². The van der Waals surface area contributed by atoms with Gasteiger partial charge in [-0.05, 0) is 50.1 Å². The molecule has 1 aliphatic rings. The summed E-state index contributed by atoms with van der Waals surface area (Å²) >= 11 is 6.17. The van der Waals surface area contributed by atoms with E-state index in [0.29, 0.717) is 27.4 Å². The molecule has 1 heterocycles. The summed E-state index contributed by atoms with van der Waals surface area (Å²) in [6.45, 7) is 6.11. The van der Waals surface area contributed by atoms with Crippen molar-refractivity contribution in [2.45, 2.75) is 39.0 Å². The smallest absolute Gasteiger partial charge is 0.374 e. The Balaban J connectivity index is 2.04. The third kappa shape index (κ3) is 4.03. The third-order valence-electron chi connectivity index (χ3n) is 5.24. The maximum absolute atomic E-state index is 14.3. The van der Waals surface area contributed by atoms with Gasteiger partial charge in [0.05, 0.1) is 24.2 Å². The maximum atomic E-state index is 14.3. The van der Waals surface area contributed by atoms with E-state index in [1.165, 1.54) is 6.07 Å². The lowest BCUT2D eigenvalue weighted by Crippen LogP contribution is -2.43. The Bertz CT molecular complexity index is 1000. The Hall–Kier alpha value is -2.54. The van der Waals surface area contributed by atoms with Crippen molar-refractivity contribution >= 4 is 29.3 Å². The predicted molar refractivity (Wildman–Crippen MR) is 114 cm³/mol. The summed E-state index contributed by atoms with van der Waals surface area (Å²) in [6.07, 6.45) is -3.47. The molecule has 0 aromatic heterocycles. The zero-order chi connectivity index (χ0) is 22.1. The summed E-state index contributed by atoms with van der Waals surface area (Å²) in [5, 5.41) is 4.13. The zero-order valence-electron chi connectivity index (χ0n) is 17.2. The Labute approximate surface area is 179 Å². The highest BCUT2D eigenvalue weighted by Crippen LogP contribution is 2.50. The topological polar surface area (TPSA) is 37.2 Å². The Morgan fingerprint density at radius 3 is 2.57 bits per heavy atom. The number of aryl methyl sites for hydroxylation is 2. The van der Waals surface area contributed by atoms with Gasteiger partial charge < -0.3 is 9.74 Å². The van der Waals surface area contributed by atoms with Gasteiger partial charge in [0, 0.05) is 29.7 Å². The molecule has 0 spiro atoms. The van der Waals surface area contributed by atoms with Crippen molar-refractivity contribution in [2.75, 3.05) is 13.6 Å². The van der Waals surface area contributed by atoms with E-state index in [2.05, 4.69) is 10.1 Å². The molecule has 0 radical (unpaired) electrons. The van der Waals surface area contributed by atoms with Gasteiger partial charge in [0.2, 0.25) is 0 Å². The first kappa shape index (κ1) is 22.2. The first-order valence-corrected chi connectivity index (χ1v) is 9.89. The van der Waals surface area contributed by atoms with Gasteiger partial charge in [-0.15, -0.1) is 0 Å². The van der Waals surface area contributed by atoms with Crippen LogP contribution in [0.1, 0.15) is 35.6 Å². The Morgan fingerprint density at radius 1 is 1.23 bits per heavy atom. The number of oxime groups is 1. The molecule has 1 aliphatic heterocycles. The number of hydrogen-bond acceptors (Lipinski definition) is 3. The quantitative estimate of drug-likeness (QED) is 0.415. The molecule has 0 aliphatic carbocycles. The van der Waals surface area contributed by atoms with E-state index < -0.39 is 18.2 Å². The number of rotatable bonds is 5. The van der Waals surface area contributed by atoms with Gasteiger partial charge in [-0.2, -0.15) is 13.2 Å². The normalized spacial score (nSPS) is 19.1. The van der Waals surface area contributed by atoms with Crippen molar-refractivity contribution in [3.63, 3.8) is 0 Å². The van der Waals surface area contributed by atoms with Crippen molar-refractivity contribution in [2.24, 2.45) is 10.1 Å². The second-order valence-electron chi connectivity index (χ2n) is 7.38. The zero-order valence-corrected chi connectivity index (χ0v) is 18.0. The largest absolute Gasteiger partial charge is 0.435 e. The minimum absolute atomic E-state index is 0.0288. The molecule has 0 N–H and O–H groups in total. The number of nitrogens with zero attached hydrogens (tertiary/aromatic N) is 3. The van der Waals surface area contributed by atoms with Crippen LogP contribution >= 0.6 is 11.6 Å². The van der Waals surface area contributed by atoms with E-state index in [9.17, 15) is 13.2 Å². The average molecular weight is 438 g/mol. The molecule has 160 valence electrons. The number of hydrogen-bond donors (Lipinski definition) is 0. The fourth-order valence-corrected chi connectivity index (χ4v) is 3.58. The minimum Gasteiger partial charge on any atom is -0.374 e. The van der Waals surface area contributed by atoms with Gasteiger partial charge in [-0.25, -0.2) is 4.99 Å². The van der Waals surface area contributed by atoms with Gasteiger partial charge in [-0.3, -0.25) is 0 Å². The first-order chi connectivity index (χ1) is 14.1. The molecule has 1 unspecified atom stereocenters. The van der Waals surface area contributed by atoms with Crippen LogP contribution in [-0.2, 0) is 10.4 Å². The van der Waals surface area contributed by atoms with Crippen LogP contribution in [0.15, 0.2) is 46.5 Å². The fraction of sp³-hybridized carbons (Fsp3) is 0.364. The summed E-state index contributed by atoms with van der Waals surface area (Å²) < 4.78 is 43.0. The summed E-state index contributed by atoms with van der Waals surface area (Å²) in [7, 11) is 1.87. The third-order valence-corrected chi connectivity index (χ3v) is 5.57. The average Bonchev–Trinajstić information content (AvgIpc) is 3.14. The highest BCUT2D eigenvalue weighted by Gasteiger charge is 2.63. The molecular formula is C22H23ClF3N3O. The van der Waals surface area contributed by atoms with E-state index in [1.54, 1.807) is 50.5 Å². The standard InChI is InChI=1S/C22H23ClF3N3O/c1-5-29(4)13-27-19-11-14(2)17(10-15(19)3)21(22(24,25)26)12-20(28-30-21)16-8-6-7-9-18(16)23/h6-11,13H,5,12H2,1-4H3. The van der Waals surface area contributed by atoms with Crippen LogP contribution in [0.25, 0.3) is 0 Å². The van der Waals surface area contributed by atoms with E-state index in [-0.39, 0.29) is 11.3 Å². The van der Waals surface area contributed by atoms with E-state index in [1.807, 2.05) is 18.9 Å². The van der Waals surface area contributed by atoms with Crippen molar-refractivity contribution in [1.82, 2.24) is 4.90 Å². The summed E-state index contributed by atoms with van der Waals surface area (Å²) in [4.78, 5) is 11.4. The Morgan fingerprint density at radius 2 is 1.93 bits per heavy atom. The molecule has 3 rings (SSSR count). The lowest BCUT2D eigenvalue weighted by molar-refractivity contribution is -0.276. The van der Waals surface area contributed by atoms with Crippen LogP contribution in [0.5, 0.6) is 0 Å². The molecule has 30 heavy (non-hydrogen) atoms. The summed E-state index contributed by atoms with van der Waals surface area (Å²) in [5.41, 5.74) is -0.279. The second kappa shape index (κ2) is 8.30. The molecular weight excluding hydrogens is 415 g/mol. The van der Waals surface area contributed by atoms with Crippen LogP contribution in [0.2, 0.25) is 5.02 Å². The molecule has 0 bridgehead atoms. The molecule has 2 aromatic rings. The van der Waals surface area contributed by atoms with E-state index in [4.69, 9.17) is 16.4 Å². The van der Waals surface area contributed by atoms with Crippen LogP contribution in [-0.4, -0.2) is 36.7 Å². The fourth-order valence-electron chi connectivity index (χ4n) is 3.34. The summed E-state index contributed by atoms with van der Waals surface area (Å²) in [5.74, 6) is 0. The highest BCUT2D eigenvalue weighted by atomic mass is 35.5. The molecule has 8 heteroatoms. The lowest BCUT2D eigenvalue weighted by atomic mass is 9.83. The minimum atomic E-state index is -4.68. The molecule has 0 saturated carbocycles. The van der Waals surface area contributed by atoms with E-state index in [0.717, 1.165) is 6.54 Å². The highest BCUT2D eigenvalue weighted by molar-refractivity contribution is 6.34.